The highest BCUT2D eigenvalue weighted by Gasteiger charge is 2.09. The van der Waals surface area contributed by atoms with Gasteiger partial charge in [-0.3, -0.25) is 10.1 Å². The van der Waals surface area contributed by atoms with Crippen molar-refractivity contribution in [1.82, 2.24) is 14.5 Å². The van der Waals surface area contributed by atoms with Crippen LogP contribution in [-0.2, 0) is 11.3 Å². The molecule has 4 rings (SSSR count). The molecule has 0 aliphatic rings. The zero-order chi connectivity index (χ0) is 16.5. The molecular formula is C18H16N4O2. The summed E-state index contributed by atoms with van der Waals surface area (Å²) in [6, 6.07) is 15.4. The van der Waals surface area contributed by atoms with Crippen LogP contribution in [0.3, 0.4) is 0 Å². The first-order valence-electron chi connectivity index (χ1n) is 7.60. The maximum Gasteiger partial charge on any atom is 0.246 e. The molecule has 2 aromatic carbocycles. The number of aromatic nitrogens is 3. The average Bonchev–Trinajstić information content (AvgIpc) is 3.17. The van der Waals surface area contributed by atoms with Crippen molar-refractivity contribution in [1.29, 1.82) is 0 Å². The van der Waals surface area contributed by atoms with Crippen LogP contribution in [0.25, 0.3) is 21.9 Å². The van der Waals surface area contributed by atoms with Crippen LogP contribution in [0, 0.1) is 0 Å². The average molecular weight is 320 g/mol. The van der Waals surface area contributed by atoms with Gasteiger partial charge in [-0.25, -0.2) is 4.98 Å². The lowest BCUT2D eigenvalue weighted by Gasteiger charge is -2.06. The van der Waals surface area contributed by atoms with Gasteiger partial charge in [-0.05, 0) is 36.4 Å². The minimum atomic E-state index is -0.137. The lowest BCUT2D eigenvalue weighted by Crippen LogP contribution is -2.18. The molecule has 0 saturated heterocycles. The normalized spacial score (nSPS) is 11.0. The number of nitrogens with one attached hydrogen (secondary N) is 2. The van der Waals surface area contributed by atoms with Crippen molar-refractivity contribution in [2.45, 2.75) is 6.54 Å². The van der Waals surface area contributed by atoms with E-state index in [4.69, 9.17) is 4.74 Å². The van der Waals surface area contributed by atoms with Gasteiger partial charge in [-0.2, -0.15) is 0 Å². The maximum atomic E-state index is 12.3. The smallest absolute Gasteiger partial charge is 0.246 e. The molecule has 0 aliphatic heterocycles. The minimum absolute atomic E-state index is 0.137. The monoisotopic (exact) mass is 320 g/mol. The van der Waals surface area contributed by atoms with Crippen LogP contribution >= 0.6 is 0 Å². The van der Waals surface area contributed by atoms with Crippen LogP contribution in [0.2, 0.25) is 0 Å². The highest BCUT2D eigenvalue weighted by molar-refractivity contribution is 5.92. The molecule has 0 spiro atoms. The highest BCUT2D eigenvalue weighted by atomic mass is 16.5. The Morgan fingerprint density at radius 2 is 2.12 bits per heavy atom. The van der Waals surface area contributed by atoms with Crippen LogP contribution in [0.15, 0.2) is 54.7 Å². The number of benzene rings is 2. The zero-order valence-electron chi connectivity index (χ0n) is 13.1. The molecule has 0 atom stereocenters. The third-order valence-corrected chi connectivity index (χ3v) is 3.94. The van der Waals surface area contributed by atoms with Gasteiger partial charge in [-0.1, -0.05) is 12.1 Å². The number of ether oxygens (including phenoxy) is 1. The lowest BCUT2D eigenvalue weighted by atomic mass is 10.2. The van der Waals surface area contributed by atoms with Crippen molar-refractivity contribution >= 4 is 33.8 Å². The van der Waals surface area contributed by atoms with Gasteiger partial charge < -0.3 is 14.3 Å². The molecule has 0 aliphatic carbocycles. The molecule has 120 valence electrons. The zero-order valence-corrected chi connectivity index (χ0v) is 13.1. The summed E-state index contributed by atoms with van der Waals surface area (Å²) in [5, 5.41) is 3.84. The molecule has 2 aromatic heterocycles. The van der Waals surface area contributed by atoms with E-state index in [2.05, 4.69) is 15.3 Å². The number of methoxy groups -OCH3 is 1. The van der Waals surface area contributed by atoms with Crippen LogP contribution < -0.4 is 10.1 Å². The molecule has 0 bridgehead atoms. The summed E-state index contributed by atoms with van der Waals surface area (Å²) >= 11 is 0. The second-order valence-electron chi connectivity index (χ2n) is 5.52. The third kappa shape index (κ3) is 2.58. The molecule has 2 N–H and O–H groups in total. The largest absolute Gasteiger partial charge is 0.497 e. The molecule has 0 fully saturated rings. The number of hydrogen-bond donors (Lipinski definition) is 2. The van der Waals surface area contributed by atoms with Gasteiger partial charge in [0.25, 0.3) is 0 Å². The topological polar surface area (TPSA) is 71.9 Å². The Morgan fingerprint density at radius 1 is 1.25 bits per heavy atom. The first kappa shape index (κ1) is 14.3. The SMILES string of the molecule is COc1ccc2c(ccn2CC(=O)Nc2nc3ccccc3[nH]2)c1. The number of fused-ring (bicyclic) bond motifs is 2. The number of anilines is 1. The summed E-state index contributed by atoms with van der Waals surface area (Å²) in [5.41, 5.74) is 2.70. The van der Waals surface area contributed by atoms with Crippen molar-refractivity contribution in [2.75, 3.05) is 12.4 Å². The van der Waals surface area contributed by atoms with Crippen molar-refractivity contribution in [3.63, 3.8) is 0 Å². The highest BCUT2D eigenvalue weighted by Crippen LogP contribution is 2.22. The van der Waals surface area contributed by atoms with E-state index in [0.717, 1.165) is 27.7 Å². The van der Waals surface area contributed by atoms with E-state index >= 15 is 0 Å². The van der Waals surface area contributed by atoms with E-state index in [1.807, 2.05) is 59.3 Å². The van der Waals surface area contributed by atoms with E-state index in [-0.39, 0.29) is 12.5 Å². The number of carbonyl (C=O) groups excluding carboxylic acids is 1. The molecule has 24 heavy (non-hydrogen) atoms. The first-order chi connectivity index (χ1) is 11.7. The minimum Gasteiger partial charge on any atom is -0.497 e. The van der Waals surface area contributed by atoms with E-state index in [0.29, 0.717) is 5.95 Å². The third-order valence-electron chi connectivity index (χ3n) is 3.94. The van der Waals surface area contributed by atoms with E-state index in [9.17, 15) is 4.79 Å². The molecule has 0 radical (unpaired) electrons. The number of imidazole rings is 1. The summed E-state index contributed by atoms with van der Waals surface area (Å²) in [6.45, 7) is 0.215. The standard InChI is InChI=1S/C18H16N4O2/c1-24-13-6-7-16-12(10-13)8-9-22(16)11-17(23)21-18-19-14-4-2-3-5-15(14)20-18/h2-10H,11H2,1H3,(H2,19,20,21,23). The fourth-order valence-electron chi connectivity index (χ4n) is 2.78. The van der Waals surface area contributed by atoms with Gasteiger partial charge in [0, 0.05) is 17.1 Å². The molecule has 0 saturated carbocycles. The summed E-state index contributed by atoms with van der Waals surface area (Å²) in [4.78, 5) is 19.7. The number of para-hydroxylation sites is 2. The Labute approximate surface area is 138 Å². The Morgan fingerprint density at radius 3 is 2.96 bits per heavy atom. The number of nitrogens with zero attached hydrogens (tertiary/aromatic N) is 2. The number of aromatic amines is 1. The first-order valence-corrected chi connectivity index (χ1v) is 7.60. The maximum absolute atomic E-state index is 12.3. The van der Waals surface area contributed by atoms with Gasteiger partial charge in [0.05, 0.1) is 18.1 Å². The second kappa shape index (κ2) is 5.73. The summed E-state index contributed by atoms with van der Waals surface area (Å²) in [6.07, 6.45) is 1.89. The van der Waals surface area contributed by atoms with Gasteiger partial charge in [0.2, 0.25) is 11.9 Å². The number of H-pyrrole nitrogens is 1. The van der Waals surface area contributed by atoms with Crippen molar-refractivity contribution in [3.8, 4) is 5.75 Å². The predicted molar refractivity (Wildman–Crippen MR) is 93.2 cm³/mol. The molecule has 2 heterocycles. The molecule has 6 nitrogen and oxygen atoms in total. The molecule has 6 heteroatoms. The van der Waals surface area contributed by atoms with E-state index < -0.39 is 0 Å². The van der Waals surface area contributed by atoms with Gasteiger partial charge in [0.1, 0.15) is 12.3 Å². The van der Waals surface area contributed by atoms with E-state index in [1.54, 1.807) is 7.11 Å². The Bertz CT molecular complexity index is 999. The summed E-state index contributed by atoms with van der Waals surface area (Å²) in [7, 11) is 1.64. The van der Waals surface area contributed by atoms with Crippen molar-refractivity contribution < 1.29 is 9.53 Å². The van der Waals surface area contributed by atoms with Crippen LogP contribution in [-0.4, -0.2) is 27.6 Å². The second-order valence-corrected chi connectivity index (χ2v) is 5.52. The Balaban J connectivity index is 1.53. The Hall–Kier alpha value is -3.28. The van der Waals surface area contributed by atoms with Crippen LogP contribution in [0.1, 0.15) is 0 Å². The van der Waals surface area contributed by atoms with Gasteiger partial charge >= 0.3 is 0 Å². The molecule has 1 amide bonds. The number of hydrogen-bond acceptors (Lipinski definition) is 3. The number of carbonyl (C=O) groups is 1. The van der Waals surface area contributed by atoms with Crippen molar-refractivity contribution in [3.05, 3.63) is 54.7 Å². The van der Waals surface area contributed by atoms with Crippen LogP contribution in [0.4, 0.5) is 5.95 Å². The van der Waals surface area contributed by atoms with E-state index in [1.165, 1.54) is 0 Å². The number of amides is 1. The fourth-order valence-corrected chi connectivity index (χ4v) is 2.78. The van der Waals surface area contributed by atoms with Crippen LogP contribution in [0.5, 0.6) is 5.75 Å². The fraction of sp³-hybridized carbons (Fsp3) is 0.111. The summed E-state index contributed by atoms with van der Waals surface area (Å²) in [5.74, 6) is 1.12. The lowest BCUT2D eigenvalue weighted by molar-refractivity contribution is -0.116. The van der Waals surface area contributed by atoms with Crippen molar-refractivity contribution in [2.24, 2.45) is 0 Å². The molecular weight excluding hydrogens is 304 g/mol. The van der Waals surface area contributed by atoms with Gasteiger partial charge in [0.15, 0.2) is 0 Å². The summed E-state index contributed by atoms with van der Waals surface area (Å²) < 4.78 is 7.12. The predicted octanol–water partition coefficient (Wildman–Crippen LogP) is 3.16. The quantitative estimate of drug-likeness (QED) is 0.607. The molecule has 4 aromatic rings. The van der Waals surface area contributed by atoms with Gasteiger partial charge in [-0.15, -0.1) is 0 Å². The molecule has 0 unspecified atom stereocenters. The number of rotatable bonds is 4. The Kier molecular flexibility index (Phi) is 3.42.